The number of benzene rings is 4. The molecule has 10 heteroatoms. The van der Waals surface area contributed by atoms with Gasteiger partial charge in [0, 0.05) is 24.2 Å². The molecule has 2 aliphatic rings. The van der Waals surface area contributed by atoms with E-state index in [2.05, 4.69) is 31.8 Å². The van der Waals surface area contributed by atoms with Gasteiger partial charge in [-0.1, -0.05) is 96.8 Å². The highest BCUT2D eigenvalue weighted by molar-refractivity contribution is 5.82. The van der Waals surface area contributed by atoms with Crippen molar-refractivity contribution >= 4 is 5.91 Å². The molecule has 1 amide bonds. The second kappa shape index (κ2) is 15.6. The average Bonchev–Trinajstić information content (AvgIpc) is 4.07. The number of aromatic amines is 2. The molecular formula is C44H42N6O4. The molecule has 0 bridgehead atoms. The molecule has 2 fully saturated rings. The average molecular weight is 719 g/mol. The predicted molar refractivity (Wildman–Crippen MR) is 205 cm³/mol. The van der Waals surface area contributed by atoms with E-state index in [-0.39, 0.29) is 18.0 Å². The van der Waals surface area contributed by atoms with Gasteiger partial charge in [0.1, 0.15) is 24.0 Å². The SMILES string of the molecule is O=C(C(O)c1ccccc1)N1CCCC1c1ncc(-c2ccc(C#Cc3ccc(-c4cnc(C5CCCN5C(O)C(O)c5ccccc5)[nH]4)cc3)cc2)[nH]1. The number of amides is 1. The molecule has 0 radical (unpaired) electrons. The smallest absolute Gasteiger partial charge is 0.256 e. The lowest BCUT2D eigenvalue weighted by molar-refractivity contribution is -0.141. The van der Waals surface area contributed by atoms with E-state index in [1.54, 1.807) is 23.2 Å². The van der Waals surface area contributed by atoms with Crippen LogP contribution in [-0.4, -0.2) is 70.3 Å². The number of hydrogen-bond donors (Lipinski definition) is 5. The van der Waals surface area contributed by atoms with Gasteiger partial charge in [0.2, 0.25) is 0 Å². The van der Waals surface area contributed by atoms with E-state index in [4.69, 9.17) is 0 Å². The Morgan fingerprint density at radius 3 is 1.72 bits per heavy atom. The van der Waals surface area contributed by atoms with Crippen LogP contribution in [0.25, 0.3) is 22.5 Å². The summed E-state index contributed by atoms with van der Waals surface area (Å²) >= 11 is 0. The van der Waals surface area contributed by atoms with Gasteiger partial charge in [-0.25, -0.2) is 9.97 Å². The Bertz CT molecular complexity index is 2240. The Morgan fingerprint density at radius 2 is 1.15 bits per heavy atom. The fourth-order valence-electron chi connectivity index (χ4n) is 7.57. The van der Waals surface area contributed by atoms with Crippen LogP contribution in [0.1, 0.15) is 83.9 Å². The summed E-state index contributed by atoms with van der Waals surface area (Å²) in [4.78, 5) is 33.0. The minimum absolute atomic E-state index is 0.118. The maximum atomic E-state index is 13.2. The van der Waals surface area contributed by atoms with Gasteiger partial charge in [-0.05, 0) is 72.2 Å². The normalized spacial score (nSPS) is 18.9. The van der Waals surface area contributed by atoms with Crippen LogP contribution in [0, 0.1) is 11.8 Å². The van der Waals surface area contributed by atoms with Crippen molar-refractivity contribution in [3.63, 3.8) is 0 Å². The first-order valence-corrected chi connectivity index (χ1v) is 18.5. The molecule has 6 aromatic rings. The molecule has 2 aromatic heterocycles. The molecule has 4 heterocycles. The third-order valence-corrected chi connectivity index (χ3v) is 10.5. The van der Waals surface area contributed by atoms with Gasteiger partial charge in [0.25, 0.3) is 5.91 Å². The van der Waals surface area contributed by atoms with Crippen LogP contribution < -0.4 is 0 Å². The lowest BCUT2D eigenvalue weighted by atomic mass is 10.1. The number of nitrogens with zero attached hydrogens (tertiary/aromatic N) is 4. The van der Waals surface area contributed by atoms with Gasteiger partial charge in [-0.15, -0.1) is 0 Å². The van der Waals surface area contributed by atoms with Crippen LogP contribution in [0.3, 0.4) is 0 Å². The molecule has 0 aliphatic carbocycles. The summed E-state index contributed by atoms with van der Waals surface area (Å²) < 4.78 is 0. The number of imidazole rings is 2. The number of aromatic nitrogens is 4. The highest BCUT2D eigenvalue weighted by atomic mass is 16.3. The molecule has 10 nitrogen and oxygen atoms in total. The monoisotopic (exact) mass is 718 g/mol. The largest absolute Gasteiger partial charge is 0.384 e. The standard InChI is InChI=1S/C44H42N6O4/c51-39(33-9-3-1-4-10-33)43(53)49-25-7-13-37(49)41-45-27-35(47-41)31-21-17-29(18-22-31)15-16-30-19-23-32(24-20-30)36-28-46-42(48-36)38-14-8-26-50(38)44(54)40(52)34-11-5-2-6-12-34/h1-6,9-12,17-24,27-28,37-40,43,51-53H,7-8,13-14,25-26H2,(H,45,47)(H,46,48). The number of aliphatic hydroxyl groups is 3. The maximum Gasteiger partial charge on any atom is 0.256 e. The second-order valence-electron chi connectivity index (χ2n) is 13.9. The van der Waals surface area contributed by atoms with Crippen LogP contribution in [0.4, 0.5) is 0 Å². The summed E-state index contributed by atoms with van der Waals surface area (Å²) in [6.07, 6.45) is 3.74. The summed E-state index contributed by atoms with van der Waals surface area (Å²) in [5.74, 6) is 7.69. The lowest BCUT2D eigenvalue weighted by Crippen LogP contribution is -2.39. The van der Waals surface area contributed by atoms with Crippen LogP contribution in [0.5, 0.6) is 0 Å². The molecule has 5 atom stereocenters. The third kappa shape index (κ3) is 7.36. The molecule has 54 heavy (non-hydrogen) atoms. The van der Waals surface area contributed by atoms with Crippen LogP contribution in [0.15, 0.2) is 122 Å². The van der Waals surface area contributed by atoms with E-state index in [1.807, 2.05) is 108 Å². The van der Waals surface area contributed by atoms with Crippen LogP contribution >= 0.6 is 0 Å². The summed E-state index contributed by atoms with van der Waals surface area (Å²) in [5, 5.41) is 32.6. The Morgan fingerprint density at radius 1 is 0.648 bits per heavy atom. The number of carbonyl (C=O) groups is 1. The Hall–Kier alpha value is -5.83. The molecule has 2 saturated heterocycles. The Kier molecular flexibility index (Phi) is 10.2. The van der Waals surface area contributed by atoms with Crippen molar-refractivity contribution in [3.05, 3.63) is 155 Å². The number of H-pyrrole nitrogens is 2. The number of rotatable bonds is 9. The van der Waals surface area contributed by atoms with Crippen molar-refractivity contribution in [1.82, 2.24) is 29.7 Å². The molecule has 4 aromatic carbocycles. The van der Waals surface area contributed by atoms with Crippen molar-refractivity contribution in [1.29, 1.82) is 0 Å². The fraction of sp³-hybridized carbons (Fsp3) is 0.250. The zero-order valence-corrected chi connectivity index (χ0v) is 29.7. The summed E-state index contributed by atoms with van der Waals surface area (Å²) in [6.45, 7) is 1.26. The first kappa shape index (κ1) is 35.2. The summed E-state index contributed by atoms with van der Waals surface area (Å²) in [5.41, 5.74) is 6.71. The molecular weight excluding hydrogens is 677 g/mol. The number of hydrogen-bond acceptors (Lipinski definition) is 7. The van der Waals surface area contributed by atoms with Gasteiger partial charge < -0.3 is 30.2 Å². The molecule has 5 N–H and O–H groups in total. The highest BCUT2D eigenvalue weighted by Gasteiger charge is 2.37. The first-order valence-electron chi connectivity index (χ1n) is 18.5. The molecule has 5 unspecified atom stereocenters. The summed E-state index contributed by atoms with van der Waals surface area (Å²) in [6, 6.07) is 33.9. The lowest BCUT2D eigenvalue weighted by Gasteiger charge is -2.31. The van der Waals surface area contributed by atoms with Gasteiger partial charge in [-0.2, -0.15) is 0 Å². The zero-order chi connectivity index (χ0) is 37.0. The van der Waals surface area contributed by atoms with Crippen molar-refractivity contribution in [2.45, 2.75) is 56.2 Å². The number of likely N-dealkylation sites (tertiary alicyclic amines) is 2. The minimum atomic E-state index is -1.20. The zero-order valence-electron chi connectivity index (χ0n) is 29.7. The van der Waals surface area contributed by atoms with Crippen molar-refractivity contribution in [3.8, 4) is 34.4 Å². The molecule has 8 rings (SSSR count). The maximum absolute atomic E-state index is 13.2. The van der Waals surface area contributed by atoms with E-state index in [0.29, 0.717) is 30.0 Å². The highest BCUT2D eigenvalue weighted by Crippen LogP contribution is 2.36. The third-order valence-electron chi connectivity index (χ3n) is 10.5. The quantitative estimate of drug-likeness (QED) is 0.108. The number of aliphatic hydroxyl groups excluding tert-OH is 3. The molecule has 0 spiro atoms. The fourth-order valence-corrected chi connectivity index (χ4v) is 7.57. The number of carbonyl (C=O) groups excluding carboxylic acids is 1. The van der Waals surface area contributed by atoms with Crippen LogP contribution in [-0.2, 0) is 4.79 Å². The van der Waals surface area contributed by atoms with Gasteiger partial charge >= 0.3 is 0 Å². The van der Waals surface area contributed by atoms with Crippen LogP contribution in [0.2, 0.25) is 0 Å². The summed E-state index contributed by atoms with van der Waals surface area (Å²) in [7, 11) is 0. The van der Waals surface area contributed by atoms with E-state index in [9.17, 15) is 20.1 Å². The molecule has 272 valence electrons. The van der Waals surface area contributed by atoms with Crippen molar-refractivity contribution in [2.24, 2.45) is 0 Å². The van der Waals surface area contributed by atoms with E-state index >= 15 is 0 Å². The number of nitrogens with one attached hydrogen (secondary N) is 2. The molecule has 2 aliphatic heterocycles. The van der Waals surface area contributed by atoms with Crippen molar-refractivity contribution < 1.29 is 20.1 Å². The predicted octanol–water partition coefficient (Wildman–Crippen LogP) is 6.45. The van der Waals surface area contributed by atoms with Gasteiger partial charge in [-0.3, -0.25) is 9.69 Å². The van der Waals surface area contributed by atoms with Gasteiger partial charge in [0.15, 0.2) is 6.10 Å². The Labute approximate surface area is 314 Å². The van der Waals surface area contributed by atoms with E-state index in [1.165, 1.54) is 0 Å². The van der Waals surface area contributed by atoms with Gasteiger partial charge in [0.05, 0.1) is 35.9 Å². The van der Waals surface area contributed by atoms with Crippen molar-refractivity contribution in [2.75, 3.05) is 13.1 Å². The van der Waals surface area contributed by atoms with E-state index < -0.39 is 18.4 Å². The second-order valence-corrected chi connectivity index (χ2v) is 13.9. The topological polar surface area (TPSA) is 142 Å². The van der Waals surface area contributed by atoms with E-state index in [0.717, 1.165) is 65.1 Å². The first-order chi connectivity index (χ1) is 26.4. The molecule has 0 saturated carbocycles. The Balaban J connectivity index is 0.890. The minimum Gasteiger partial charge on any atom is -0.384 e.